The number of benzene rings is 3. The van der Waals surface area contributed by atoms with Crippen LogP contribution in [0.4, 0.5) is 15.8 Å². The molecule has 0 saturated heterocycles. The van der Waals surface area contributed by atoms with Crippen LogP contribution in [0.2, 0.25) is 5.02 Å². The highest BCUT2D eigenvalue weighted by molar-refractivity contribution is 9.10. The zero-order valence-corrected chi connectivity index (χ0v) is 19.3. The van der Waals surface area contributed by atoms with Crippen LogP contribution in [0.3, 0.4) is 0 Å². The molecule has 0 aromatic heterocycles. The van der Waals surface area contributed by atoms with Crippen molar-refractivity contribution in [2.75, 3.05) is 17.2 Å². The quantitative estimate of drug-likeness (QED) is 0.299. The molecule has 0 unspecified atom stereocenters. The fourth-order valence-electron chi connectivity index (χ4n) is 2.66. The Bertz CT molecular complexity index is 1260. The number of hydrogen-bond acceptors (Lipinski definition) is 4. The van der Waals surface area contributed by atoms with Crippen molar-refractivity contribution in [1.82, 2.24) is 0 Å². The molecule has 0 aliphatic carbocycles. The van der Waals surface area contributed by atoms with Crippen molar-refractivity contribution < 1.29 is 18.7 Å². The molecule has 2 N–H and O–H groups in total. The minimum absolute atomic E-state index is 0.140. The van der Waals surface area contributed by atoms with Gasteiger partial charge in [-0.05, 0) is 76.1 Å². The average molecular weight is 529 g/mol. The number of para-hydroxylation sites is 1. The number of nitrogens with one attached hydrogen (secondary N) is 2. The molecule has 0 spiro atoms. The smallest absolute Gasteiger partial charge is 0.266 e. The summed E-state index contributed by atoms with van der Waals surface area (Å²) in [6.07, 6.45) is 1.40. The van der Waals surface area contributed by atoms with Gasteiger partial charge >= 0.3 is 0 Å². The van der Waals surface area contributed by atoms with Crippen molar-refractivity contribution in [3.63, 3.8) is 0 Å². The number of carbonyl (C=O) groups is 2. The Kier molecular flexibility index (Phi) is 8.19. The van der Waals surface area contributed by atoms with E-state index in [9.17, 15) is 19.2 Å². The minimum atomic E-state index is -0.628. The van der Waals surface area contributed by atoms with Gasteiger partial charge < -0.3 is 15.4 Å². The van der Waals surface area contributed by atoms with Gasteiger partial charge in [0.25, 0.3) is 11.8 Å². The molecule has 9 heteroatoms. The van der Waals surface area contributed by atoms with Crippen molar-refractivity contribution in [2.24, 2.45) is 0 Å². The van der Waals surface area contributed by atoms with E-state index < -0.39 is 11.7 Å². The molecule has 3 aromatic carbocycles. The summed E-state index contributed by atoms with van der Waals surface area (Å²) in [5.74, 6) is -1.05. The molecule has 3 aromatic rings. The van der Waals surface area contributed by atoms with E-state index in [0.29, 0.717) is 32.2 Å². The number of nitrogens with zero attached hydrogens (tertiary/aromatic N) is 1. The summed E-state index contributed by atoms with van der Waals surface area (Å²) in [7, 11) is 0. The molecule has 0 saturated carbocycles. The number of nitriles is 1. The summed E-state index contributed by atoms with van der Waals surface area (Å²) in [6, 6.07) is 18.8. The van der Waals surface area contributed by atoms with Crippen LogP contribution in [0.1, 0.15) is 5.56 Å². The molecule has 33 heavy (non-hydrogen) atoms. The monoisotopic (exact) mass is 527 g/mol. The lowest BCUT2D eigenvalue weighted by Crippen LogP contribution is -2.20. The van der Waals surface area contributed by atoms with Gasteiger partial charge in [-0.15, -0.1) is 0 Å². The number of ether oxygens (including phenoxy) is 1. The van der Waals surface area contributed by atoms with Crippen LogP contribution in [0.25, 0.3) is 6.08 Å². The van der Waals surface area contributed by atoms with Crippen LogP contribution < -0.4 is 15.4 Å². The fraction of sp³-hybridized carbons (Fsp3) is 0.0417. The Hall–Kier alpha value is -3.67. The Morgan fingerprint density at radius 3 is 2.48 bits per heavy atom. The van der Waals surface area contributed by atoms with Crippen molar-refractivity contribution >= 4 is 56.8 Å². The summed E-state index contributed by atoms with van der Waals surface area (Å²) in [4.78, 5) is 24.5. The molecule has 0 aliphatic heterocycles. The molecule has 0 heterocycles. The van der Waals surface area contributed by atoms with Crippen molar-refractivity contribution in [3.05, 3.63) is 93.2 Å². The molecular formula is C24H16BrClFN3O3. The normalized spacial score (nSPS) is 10.8. The van der Waals surface area contributed by atoms with E-state index in [0.717, 1.165) is 0 Å². The van der Waals surface area contributed by atoms with Gasteiger partial charge in [-0.3, -0.25) is 9.59 Å². The third-order valence-corrected chi connectivity index (χ3v) is 5.19. The van der Waals surface area contributed by atoms with Crippen LogP contribution in [0.5, 0.6) is 5.75 Å². The van der Waals surface area contributed by atoms with Gasteiger partial charge in [0.15, 0.2) is 6.61 Å². The first kappa shape index (κ1) is 24.0. The van der Waals surface area contributed by atoms with Gasteiger partial charge in [-0.25, -0.2) is 4.39 Å². The Morgan fingerprint density at radius 1 is 1.09 bits per heavy atom. The standard InChI is InChI=1S/C24H16BrClFN3O3/c25-19-12-15(11-16(13-28)24(32)29-18-8-6-17(27)7-9-18)5-10-22(19)33-14-23(31)30-21-4-2-1-3-20(21)26/h1-12H,14H2,(H,29,32)(H,30,31)/b16-11+. The summed E-state index contributed by atoms with van der Waals surface area (Å²) in [5.41, 5.74) is 1.26. The maximum absolute atomic E-state index is 13.0. The first-order valence-electron chi connectivity index (χ1n) is 9.51. The molecule has 0 fully saturated rings. The van der Waals surface area contributed by atoms with E-state index in [1.165, 1.54) is 30.3 Å². The molecule has 166 valence electrons. The van der Waals surface area contributed by atoms with E-state index in [1.807, 2.05) is 6.07 Å². The molecule has 0 radical (unpaired) electrons. The predicted molar refractivity (Wildman–Crippen MR) is 128 cm³/mol. The molecule has 3 rings (SSSR count). The van der Waals surface area contributed by atoms with Crippen LogP contribution in [0, 0.1) is 17.1 Å². The maximum Gasteiger partial charge on any atom is 0.266 e. The number of halogens is 3. The molecule has 2 amide bonds. The second kappa shape index (κ2) is 11.3. The van der Waals surface area contributed by atoms with E-state index in [-0.39, 0.29) is 18.1 Å². The summed E-state index contributed by atoms with van der Waals surface area (Å²) in [5, 5.41) is 15.0. The van der Waals surface area contributed by atoms with Gasteiger partial charge in [0.05, 0.1) is 15.2 Å². The van der Waals surface area contributed by atoms with E-state index in [4.69, 9.17) is 16.3 Å². The van der Waals surface area contributed by atoms with E-state index >= 15 is 0 Å². The first-order chi connectivity index (χ1) is 15.9. The van der Waals surface area contributed by atoms with Crippen LogP contribution in [-0.4, -0.2) is 18.4 Å². The Balaban J connectivity index is 1.63. The fourth-order valence-corrected chi connectivity index (χ4v) is 3.36. The lowest BCUT2D eigenvalue weighted by Gasteiger charge is -2.10. The van der Waals surface area contributed by atoms with Crippen LogP contribution in [0.15, 0.2) is 76.8 Å². The highest BCUT2D eigenvalue weighted by atomic mass is 79.9. The van der Waals surface area contributed by atoms with Crippen molar-refractivity contribution in [3.8, 4) is 11.8 Å². The number of anilines is 2. The van der Waals surface area contributed by atoms with Gasteiger partial charge in [-0.2, -0.15) is 5.26 Å². The number of carbonyl (C=O) groups excluding carboxylic acids is 2. The molecule has 0 atom stereocenters. The van der Waals surface area contributed by atoms with Crippen molar-refractivity contribution in [1.29, 1.82) is 5.26 Å². The highest BCUT2D eigenvalue weighted by Gasteiger charge is 2.12. The Morgan fingerprint density at radius 2 is 1.82 bits per heavy atom. The van der Waals surface area contributed by atoms with Gasteiger partial charge in [-0.1, -0.05) is 29.8 Å². The van der Waals surface area contributed by atoms with Crippen LogP contribution >= 0.6 is 27.5 Å². The predicted octanol–water partition coefficient (Wildman–Crippen LogP) is 5.80. The summed E-state index contributed by atoms with van der Waals surface area (Å²) < 4.78 is 19.1. The van der Waals surface area contributed by atoms with E-state index in [1.54, 1.807) is 42.5 Å². The summed E-state index contributed by atoms with van der Waals surface area (Å²) >= 11 is 9.38. The average Bonchev–Trinajstić information content (AvgIpc) is 2.80. The number of amides is 2. The largest absolute Gasteiger partial charge is 0.483 e. The second-order valence-corrected chi connectivity index (χ2v) is 7.90. The number of rotatable bonds is 7. The summed E-state index contributed by atoms with van der Waals surface area (Å²) in [6.45, 7) is -0.247. The van der Waals surface area contributed by atoms with Gasteiger partial charge in [0.2, 0.25) is 0 Å². The third kappa shape index (κ3) is 6.91. The van der Waals surface area contributed by atoms with Crippen LogP contribution in [-0.2, 0) is 9.59 Å². The SMILES string of the molecule is N#C/C(=C\c1ccc(OCC(=O)Nc2ccccc2Cl)c(Br)c1)C(=O)Nc1ccc(F)cc1. The molecular weight excluding hydrogens is 513 g/mol. The van der Waals surface area contributed by atoms with Gasteiger partial charge in [0.1, 0.15) is 23.2 Å². The topological polar surface area (TPSA) is 91.2 Å². The second-order valence-electron chi connectivity index (χ2n) is 6.64. The van der Waals surface area contributed by atoms with Gasteiger partial charge in [0, 0.05) is 5.69 Å². The highest BCUT2D eigenvalue weighted by Crippen LogP contribution is 2.27. The van der Waals surface area contributed by atoms with Crippen molar-refractivity contribution in [2.45, 2.75) is 0 Å². The molecule has 0 bridgehead atoms. The number of hydrogen-bond donors (Lipinski definition) is 2. The first-order valence-corrected chi connectivity index (χ1v) is 10.7. The maximum atomic E-state index is 13.0. The lowest BCUT2D eigenvalue weighted by atomic mass is 10.1. The molecule has 6 nitrogen and oxygen atoms in total. The minimum Gasteiger partial charge on any atom is -0.483 e. The zero-order chi connectivity index (χ0) is 23.8. The Labute approximate surface area is 202 Å². The third-order valence-electron chi connectivity index (χ3n) is 4.24. The lowest BCUT2D eigenvalue weighted by molar-refractivity contribution is -0.118. The molecule has 0 aliphatic rings. The zero-order valence-electron chi connectivity index (χ0n) is 16.9. The van der Waals surface area contributed by atoms with E-state index in [2.05, 4.69) is 26.6 Å².